The summed E-state index contributed by atoms with van der Waals surface area (Å²) >= 11 is 6.44. The van der Waals surface area contributed by atoms with Gasteiger partial charge in [0.15, 0.2) is 0 Å². The first-order valence-electron chi connectivity index (χ1n) is 10.5. The van der Waals surface area contributed by atoms with E-state index in [1.807, 2.05) is 19.2 Å². The number of aromatic amines is 1. The average molecular weight is 401 g/mol. The van der Waals surface area contributed by atoms with Gasteiger partial charge in [0.1, 0.15) is 11.5 Å². The fourth-order valence-corrected chi connectivity index (χ4v) is 4.42. The predicted octanol–water partition coefficient (Wildman–Crippen LogP) is 6.39. The maximum atomic E-state index is 6.44. The van der Waals surface area contributed by atoms with Crippen LogP contribution in [-0.4, -0.2) is 14.5 Å². The lowest BCUT2D eigenvalue weighted by Gasteiger charge is -2.14. The minimum absolute atomic E-state index is 0.447. The van der Waals surface area contributed by atoms with Gasteiger partial charge in [0, 0.05) is 24.9 Å². The van der Waals surface area contributed by atoms with Gasteiger partial charge >= 0.3 is 0 Å². The molecule has 0 bridgehead atoms. The molecule has 0 radical (unpaired) electrons. The van der Waals surface area contributed by atoms with Crippen molar-refractivity contribution in [1.82, 2.24) is 14.5 Å². The highest BCUT2D eigenvalue weighted by atomic mass is 35.5. The Morgan fingerprint density at radius 3 is 2.64 bits per heavy atom. The molecule has 3 aromatic rings. The van der Waals surface area contributed by atoms with Crippen LogP contribution in [0.2, 0.25) is 5.02 Å². The van der Waals surface area contributed by atoms with Crippen LogP contribution in [0, 0.1) is 5.92 Å². The van der Waals surface area contributed by atoms with Crippen LogP contribution in [0.1, 0.15) is 70.3 Å². The van der Waals surface area contributed by atoms with Gasteiger partial charge in [0.25, 0.3) is 0 Å². The van der Waals surface area contributed by atoms with E-state index >= 15 is 0 Å². The van der Waals surface area contributed by atoms with Crippen LogP contribution in [0.3, 0.4) is 0 Å². The van der Waals surface area contributed by atoms with Gasteiger partial charge in [0.2, 0.25) is 0 Å². The lowest BCUT2D eigenvalue weighted by Crippen LogP contribution is -2.03. The molecule has 2 heterocycles. The summed E-state index contributed by atoms with van der Waals surface area (Å²) in [7, 11) is 2.05. The van der Waals surface area contributed by atoms with Crippen molar-refractivity contribution in [2.45, 2.75) is 65.3 Å². The predicted molar refractivity (Wildman–Crippen MR) is 120 cm³/mol. The molecule has 2 aromatic heterocycles. The largest absolute Gasteiger partial charge is 0.344 e. The van der Waals surface area contributed by atoms with Crippen LogP contribution in [0.25, 0.3) is 22.3 Å². The number of nitrogens with two attached hydrogens (primary N) is 1. The third-order valence-electron chi connectivity index (χ3n) is 5.61. The zero-order valence-corrected chi connectivity index (χ0v) is 18.3. The van der Waals surface area contributed by atoms with E-state index in [-0.39, 0.29) is 0 Å². The molecule has 28 heavy (non-hydrogen) atoms. The van der Waals surface area contributed by atoms with Crippen molar-refractivity contribution in [3.8, 4) is 11.4 Å². The zero-order valence-electron chi connectivity index (χ0n) is 17.6. The van der Waals surface area contributed by atoms with Crippen LogP contribution < -0.4 is 5.73 Å². The fourth-order valence-electron chi connectivity index (χ4n) is 4.12. The summed E-state index contributed by atoms with van der Waals surface area (Å²) in [6.45, 7) is 7.27. The number of fused-ring (bicyclic) bond motifs is 1. The van der Waals surface area contributed by atoms with Gasteiger partial charge in [-0.15, -0.1) is 0 Å². The standard InChI is InChI=1S/C23H33ClN4/c1-5-8-16(10-6-9-15(2)3)23-26-19(14-25)21(27-23)20-13-17-11-7-12-18(24)22(17)28(20)4/h7,11-13,15-16H,5-6,8-10,14,25H2,1-4H3,(H,26,27). The summed E-state index contributed by atoms with van der Waals surface area (Å²) in [5, 5.41) is 1.88. The number of hydrogen-bond donors (Lipinski definition) is 2. The molecule has 1 atom stereocenters. The molecule has 0 fully saturated rings. The number of nitrogens with zero attached hydrogens (tertiary/aromatic N) is 2. The molecule has 0 spiro atoms. The van der Waals surface area contributed by atoms with Crippen LogP contribution in [-0.2, 0) is 13.6 Å². The molecule has 0 aliphatic rings. The Morgan fingerprint density at radius 2 is 2.00 bits per heavy atom. The highest BCUT2D eigenvalue weighted by Gasteiger charge is 2.21. The Labute approximate surface area is 173 Å². The summed E-state index contributed by atoms with van der Waals surface area (Å²) < 4.78 is 2.13. The van der Waals surface area contributed by atoms with Crippen molar-refractivity contribution in [3.05, 3.63) is 40.8 Å². The number of imidazole rings is 1. The van der Waals surface area contributed by atoms with Gasteiger partial charge in [0.05, 0.1) is 21.9 Å². The second kappa shape index (κ2) is 9.15. The van der Waals surface area contributed by atoms with Crippen LogP contribution in [0.4, 0.5) is 0 Å². The van der Waals surface area contributed by atoms with E-state index in [9.17, 15) is 0 Å². The smallest absolute Gasteiger partial charge is 0.110 e. The van der Waals surface area contributed by atoms with E-state index in [2.05, 4.69) is 42.5 Å². The zero-order chi connectivity index (χ0) is 20.3. The number of H-pyrrole nitrogens is 1. The number of para-hydroxylation sites is 1. The number of halogens is 1. The van der Waals surface area contributed by atoms with E-state index in [1.54, 1.807) is 0 Å². The number of benzene rings is 1. The van der Waals surface area contributed by atoms with Crippen molar-refractivity contribution in [2.75, 3.05) is 0 Å². The topological polar surface area (TPSA) is 59.6 Å². The summed E-state index contributed by atoms with van der Waals surface area (Å²) in [4.78, 5) is 8.61. The average Bonchev–Trinajstić information content (AvgIpc) is 3.22. The summed E-state index contributed by atoms with van der Waals surface area (Å²) in [6, 6.07) is 8.17. The van der Waals surface area contributed by atoms with Crippen LogP contribution in [0.15, 0.2) is 24.3 Å². The number of rotatable bonds is 9. The van der Waals surface area contributed by atoms with Crippen molar-refractivity contribution in [3.63, 3.8) is 0 Å². The lowest BCUT2D eigenvalue weighted by molar-refractivity contribution is 0.471. The molecule has 0 aliphatic heterocycles. The monoisotopic (exact) mass is 400 g/mol. The Hall–Kier alpha value is -1.78. The quantitative estimate of drug-likeness (QED) is 0.437. The van der Waals surface area contributed by atoms with Crippen molar-refractivity contribution < 1.29 is 0 Å². The van der Waals surface area contributed by atoms with Crippen LogP contribution in [0.5, 0.6) is 0 Å². The second-order valence-corrected chi connectivity index (χ2v) is 8.64. The molecule has 152 valence electrons. The van der Waals surface area contributed by atoms with Gasteiger partial charge < -0.3 is 15.3 Å². The minimum atomic E-state index is 0.447. The molecule has 0 aliphatic carbocycles. The number of nitrogens with one attached hydrogen (secondary N) is 1. The maximum absolute atomic E-state index is 6.44. The molecule has 0 amide bonds. The second-order valence-electron chi connectivity index (χ2n) is 8.23. The highest BCUT2D eigenvalue weighted by Crippen LogP contribution is 2.34. The molecule has 1 unspecified atom stereocenters. The maximum Gasteiger partial charge on any atom is 0.110 e. The molecular weight excluding hydrogens is 368 g/mol. The first-order valence-corrected chi connectivity index (χ1v) is 10.9. The van der Waals surface area contributed by atoms with E-state index in [4.69, 9.17) is 22.3 Å². The number of aryl methyl sites for hydroxylation is 1. The van der Waals surface area contributed by atoms with Crippen molar-refractivity contribution in [2.24, 2.45) is 18.7 Å². The number of hydrogen-bond acceptors (Lipinski definition) is 2. The van der Waals surface area contributed by atoms with E-state index in [1.165, 1.54) is 19.3 Å². The van der Waals surface area contributed by atoms with E-state index < -0.39 is 0 Å². The molecular formula is C23H33ClN4. The SMILES string of the molecule is CCCC(CCCC(C)C)c1nc(-c2cc3cccc(Cl)c3n2C)c(CN)[nH]1. The van der Waals surface area contributed by atoms with Gasteiger partial charge in [-0.3, -0.25) is 0 Å². The van der Waals surface area contributed by atoms with Crippen LogP contribution >= 0.6 is 11.6 Å². The summed E-state index contributed by atoms with van der Waals surface area (Å²) in [5.41, 5.74) is 10.1. The molecule has 4 nitrogen and oxygen atoms in total. The third-order valence-corrected chi connectivity index (χ3v) is 5.91. The fraction of sp³-hybridized carbons (Fsp3) is 0.522. The van der Waals surface area contributed by atoms with Gasteiger partial charge in [-0.2, -0.15) is 0 Å². The number of aromatic nitrogens is 3. The van der Waals surface area contributed by atoms with Gasteiger partial charge in [-0.05, 0) is 30.9 Å². The van der Waals surface area contributed by atoms with E-state index in [0.29, 0.717) is 12.5 Å². The molecule has 0 saturated heterocycles. The minimum Gasteiger partial charge on any atom is -0.344 e. The molecule has 0 saturated carbocycles. The Balaban J connectivity index is 1.98. The first-order chi connectivity index (χ1) is 13.5. The Kier molecular flexibility index (Phi) is 6.84. The van der Waals surface area contributed by atoms with Crippen molar-refractivity contribution >= 4 is 22.5 Å². The molecule has 1 aromatic carbocycles. The summed E-state index contributed by atoms with van der Waals surface area (Å²) in [5.74, 6) is 2.29. The Bertz CT molecular complexity index is 922. The lowest BCUT2D eigenvalue weighted by atomic mass is 9.94. The Morgan fingerprint density at radius 1 is 1.21 bits per heavy atom. The normalized spacial score (nSPS) is 13.0. The van der Waals surface area contributed by atoms with E-state index in [0.717, 1.165) is 57.6 Å². The van der Waals surface area contributed by atoms with Gasteiger partial charge in [-0.25, -0.2) is 4.98 Å². The first kappa shape index (κ1) is 20.9. The summed E-state index contributed by atoms with van der Waals surface area (Å²) in [6.07, 6.45) is 5.98. The molecule has 3 N–H and O–H groups in total. The third kappa shape index (κ3) is 4.28. The van der Waals surface area contributed by atoms with Gasteiger partial charge in [-0.1, -0.05) is 63.8 Å². The molecule has 5 heteroatoms. The molecule has 3 rings (SSSR count). The van der Waals surface area contributed by atoms with Crippen molar-refractivity contribution in [1.29, 1.82) is 0 Å². The highest BCUT2D eigenvalue weighted by molar-refractivity contribution is 6.35.